The van der Waals surface area contributed by atoms with Crippen LogP contribution < -0.4 is 0 Å². The fraction of sp³-hybridized carbons (Fsp3) is 0.920. The largest absolute Gasteiger partial charge is 0.469 e. The van der Waals surface area contributed by atoms with E-state index < -0.39 is 78.5 Å². The minimum Gasteiger partial charge on any atom is -0.437 e. The highest BCUT2D eigenvalue weighted by Gasteiger charge is 2.52. The van der Waals surface area contributed by atoms with Gasteiger partial charge >= 0.3 is 17.4 Å². The number of hydrogen-bond donors (Lipinski definition) is 0. The van der Waals surface area contributed by atoms with Gasteiger partial charge in [-0.1, -0.05) is 19.0 Å². The van der Waals surface area contributed by atoms with Gasteiger partial charge in [0.05, 0.1) is 0 Å². The van der Waals surface area contributed by atoms with Gasteiger partial charge in [0, 0.05) is 20.3 Å². The maximum absolute atomic E-state index is 7.38. The highest BCUT2D eigenvalue weighted by atomic mass is 28.5. The topological polar surface area (TPSA) is 64.6 Å². The molecule has 0 spiro atoms. The summed E-state index contributed by atoms with van der Waals surface area (Å²) < 4.78 is 46.4. The molecule has 7 nitrogen and oxygen atoms in total. The van der Waals surface area contributed by atoms with Crippen LogP contribution in [0, 0.1) is 0 Å². The molecule has 0 fully saturated rings. The highest BCUT2D eigenvalue weighted by molar-refractivity contribution is 6.92. The molecule has 0 saturated heterocycles. The molecule has 0 radical (unpaired) electrons. The van der Waals surface area contributed by atoms with Crippen molar-refractivity contribution in [3.05, 3.63) is 12.3 Å². The minimum absolute atomic E-state index is 0.478. The summed E-state index contributed by atoms with van der Waals surface area (Å²) in [5.74, 6) is 0. The molecule has 0 aromatic rings. The third kappa shape index (κ3) is 19.5. The molecule has 41 heavy (non-hydrogen) atoms. The molecule has 0 rings (SSSR count). The summed E-state index contributed by atoms with van der Waals surface area (Å²) in [6.07, 6.45) is 1.01. The van der Waals surface area contributed by atoms with Crippen LogP contribution in [0.2, 0.25) is 121 Å². The van der Waals surface area contributed by atoms with Crippen LogP contribution in [0.3, 0.4) is 0 Å². The van der Waals surface area contributed by atoms with E-state index in [-0.39, 0.29) is 0 Å². The molecule has 246 valence electrons. The van der Waals surface area contributed by atoms with Crippen LogP contribution in [0.4, 0.5) is 0 Å². The number of hydrogen-bond acceptors (Lipinski definition) is 7. The molecule has 0 aliphatic rings. The standard InChI is InChI=1S/C25H68O7Si9/c1-17-21-41(30-36(7,8)22-19-33-26-3,31-37(9,10)23-20-34-27-4)32-39(13,14)25-24-38(11,12)29-40(15,16)28-35(5,6)18-2/h18H,2,17,19-25,33-34H2,1,3-16H3. The summed E-state index contributed by atoms with van der Waals surface area (Å²) in [6.45, 7) is 33.9. The Hall–Kier alpha value is 1.41. The van der Waals surface area contributed by atoms with Crippen LogP contribution in [0.15, 0.2) is 12.3 Å². The van der Waals surface area contributed by atoms with Crippen molar-refractivity contribution < 1.29 is 29.4 Å². The van der Waals surface area contributed by atoms with Crippen LogP contribution >= 0.6 is 0 Å². The van der Waals surface area contributed by atoms with Gasteiger partial charge in [-0.25, -0.2) is 0 Å². The summed E-state index contributed by atoms with van der Waals surface area (Å²) in [7, 11) is -12.5. The second kappa shape index (κ2) is 17.9. The fourth-order valence-electron chi connectivity index (χ4n) is 5.24. The van der Waals surface area contributed by atoms with E-state index >= 15 is 0 Å². The van der Waals surface area contributed by atoms with Crippen molar-refractivity contribution in [2.24, 2.45) is 0 Å². The van der Waals surface area contributed by atoms with Crippen LogP contribution in [0.25, 0.3) is 0 Å². The predicted molar refractivity (Wildman–Crippen MR) is 201 cm³/mol. The first-order chi connectivity index (χ1) is 18.5. The molecule has 0 heterocycles. The maximum atomic E-state index is 7.38. The van der Waals surface area contributed by atoms with Gasteiger partial charge in [0.15, 0.2) is 61.1 Å². The monoisotopic (exact) mass is 732 g/mol. The molecule has 0 unspecified atom stereocenters. The first-order valence-corrected chi connectivity index (χ1v) is 39.0. The fourth-order valence-corrected chi connectivity index (χ4v) is 45.1. The van der Waals surface area contributed by atoms with Crippen molar-refractivity contribution in [3.8, 4) is 0 Å². The van der Waals surface area contributed by atoms with Gasteiger partial charge in [0.25, 0.3) is 0 Å². The van der Waals surface area contributed by atoms with E-state index in [1.165, 1.54) is 0 Å². The lowest BCUT2D eigenvalue weighted by Crippen LogP contribution is -2.62. The average Bonchev–Trinajstić information content (AvgIpc) is 2.75. The Morgan fingerprint density at radius 2 is 0.902 bits per heavy atom. The smallest absolute Gasteiger partial charge is 0.437 e. The van der Waals surface area contributed by atoms with Gasteiger partial charge in [0.2, 0.25) is 0 Å². The Morgan fingerprint density at radius 3 is 1.24 bits per heavy atom. The van der Waals surface area contributed by atoms with Gasteiger partial charge in [-0.2, -0.15) is 0 Å². The summed E-state index contributed by atoms with van der Waals surface area (Å²) in [5, 5.41) is 0. The summed E-state index contributed by atoms with van der Waals surface area (Å²) >= 11 is 0. The second-order valence-corrected chi connectivity index (χ2v) is 46.7. The molecule has 0 saturated carbocycles. The van der Waals surface area contributed by atoms with Gasteiger partial charge in [0.1, 0.15) is 0 Å². The van der Waals surface area contributed by atoms with Crippen LogP contribution in [0.1, 0.15) is 13.3 Å². The molecular formula is C25H68O7Si9. The van der Waals surface area contributed by atoms with Crippen LogP contribution in [-0.2, 0) is 29.4 Å². The molecule has 0 aromatic carbocycles. The van der Waals surface area contributed by atoms with E-state index in [9.17, 15) is 0 Å². The maximum Gasteiger partial charge on any atom is 0.469 e. The quantitative estimate of drug-likeness (QED) is 0.0771. The van der Waals surface area contributed by atoms with Crippen molar-refractivity contribution in [2.45, 2.75) is 134 Å². The van der Waals surface area contributed by atoms with Gasteiger partial charge in [-0.15, -0.1) is 6.58 Å². The van der Waals surface area contributed by atoms with Gasteiger partial charge in [-0.3, -0.25) is 0 Å². The Morgan fingerprint density at radius 1 is 0.537 bits per heavy atom. The van der Waals surface area contributed by atoms with E-state index in [0.717, 1.165) is 48.7 Å². The molecular weight excluding hydrogens is 665 g/mol. The molecule has 0 aromatic heterocycles. The van der Waals surface area contributed by atoms with Crippen molar-refractivity contribution >= 4 is 78.5 Å². The Kier molecular flexibility index (Phi) is 18.5. The minimum atomic E-state index is -2.91. The Bertz CT molecular complexity index is 742. The van der Waals surface area contributed by atoms with Crippen LogP contribution in [-0.4, -0.2) is 92.7 Å². The van der Waals surface area contributed by atoms with Crippen LogP contribution in [0.5, 0.6) is 0 Å². The number of rotatable bonds is 24. The van der Waals surface area contributed by atoms with Crippen molar-refractivity contribution in [2.75, 3.05) is 14.2 Å². The van der Waals surface area contributed by atoms with Gasteiger partial charge < -0.3 is 29.4 Å². The predicted octanol–water partition coefficient (Wildman–Crippen LogP) is 7.17. The van der Waals surface area contributed by atoms with E-state index in [0.29, 0.717) is 0 Å². The molecule has 0 atom stereocenters. The van der Waals surface area contributed by atoms with E-state index in [4.69, 9.17) is 29.4 Å². The molecule has 16 heteroatoms. The lowest BCUT2D eigenvalue weighted by atomic mass is 10.6. The third-order valence-corrected chi connectivity index (χ3v) is 37.7. The SMILES string of the molecule is C=C[Si](C)(C)O[Si](C)(C)O[Si](C)(C)CC[Si](C)(C)O[Si](CCC)(O[Si](C)(C)CC[SiH2]OC)O[Si](C)(C)CC[SiH2]OC. The second-order valence-electron chi connectivity index (χ2n) is 14.9. The zero-order valence-electron chi connectivity index (χ0n) is 29.7. The lowest BCUT2D eigenvalue weighted by Gasteiger charge is -2.45. The van der Waals surface area contributed by atoms with E-state index in [1.54, 1.807) is 0 Å². The molecule has 0 aliphatic heterocycles. The third-order valence-electron chi connectivity index (χ3n) is 6.96. The molecule has 0 N–H and O–H groups in total. The highest BCUT2D eigenvalue weighted by Crippen LogP contribution is 2.35. The zero-order chi connectivity index (χ0) is 32.2. The first-order valence-electron chi connectivity index (χ1n) is 15.6. The van der Waals surface area contributed by atoms with E-state index in [1.807, 2.05) is 19.9 Å². The summed E-state index contributed by atoms with van der Waals surface area (Å²) in [4.78, 5) is 0. The summed E-state index contributed by atoms with van der Waals surface area (Å²) in [6, 6.07) is 7.51. The van der Waals surface area contributed by atoms with Gasteiger partial charge in [-0.05, 0) is 115 Å². The zero-order valence-corrected chi connectivity index (χ0v) is 39.5. The Balaban J connectivity index is 5.99. The average molecular weight is 734 g/mol. The molecule has 0 aliphatic carbocycles. The van der Waals surface area contributed by atoms with Crippen molar-refractivity contribution in [3.63, 3.8) is 0 Å². The van der Waals surface area contributed by atoms with Crippen molar-refractivity contribution in [1.82, 2.24) is 0 Å². The normalized spacial score (nSPS) is 16.3. The molecule has 0 bridgehead atoms. The first kappa shape index (κ1) is 42.4. The molecule has 0 amide bonds. The lowest BCUT2D eigenvalue weighted by molar-refractivity contribution is 0.247. The Labute approximate surface area is 267 Å². The summed E-state index contributed by atoms with van der Waals surface area (Å²) in [5.41, 5.74) is 2.01. The van der Waals surface area contributed by atoms with E-state index in [2.05, 4.69) is 92.1 Å². The van der Waals surface area contributed by atoms with Crippen molar-refractivity contribution in [1.29, 1.82) is 0 Å².